The van der Waals surface area contributed by atoms with Crippen molar-refractivity contribution in [3.8, 4) is 17.0 Å². The van der Waals surface area contributed by atoms with Gasteiger partial charge in [-0.2, -0.15) is 0 Å². The quantitative estimate of drug-likeness (QED) is 0.922. The maximum absolute atomic E-state index is 5.47. The standard InChI is InChI=1S/C16H21N3O/c1-10(2)12-6-7-15(20-5)13(8-12)14-9-16(17-4)19-11(3)18-14/h6-10H,1-5H3,(H,17,18,19). The predicted octanol–water partition coefficient (Wildman–Crippen LogP) is 3.63. The van der Waals surface area contributed by atoms with Crippen LogP contribution in [0.4, 0.5) is 5.82 Å². The van der Waals surface area contributed by atoms with Gasteiger partial charge >= 0.3 is 0 Å². The van der Waals surface area contributed by atoms with Crippen LogP contribution in [0.5, 0.6) is 5.75 Å². The number of anilines is 1. The van der Waals surface area contributed by atoms with E-state index in [2.05, 4.69) is 41.3 Å². The molecular formula is C16H21N3O. The Kier molecular flexibility index (Phi) is 4.23. The van der Waals surface area contributed by atoms with Gasteiger partial charge in [0.25, 0.3) is 0 Å². The largest absolute Gasteiger partial charge is 0.496 e. The van der Waals surface area contributed by atoms with Gasteiger partial charge in [0.2, 0.25) is 0 Å². The van der Waals surface area contributed by atoms with Crippen molar-refractivity contribution in [1.82, 2.24) is 9.97 Å². The van der Waals surface area contributed by atoms with E-state index in [0.717, 1.165) is 28.6 Å². The van der Waals surface area contributed by atoms with Crippen LogP contribution in [0.1, 0.15) is 31.2 Å². The number of hydrogen-bond donors (Lipinski definition) is 1. The number of aryl methyl sites for hydroxylation is 1. The van der Waals surface area contributed by atoms with Gasteiger partial charge in [0.15, 0.2) is 0 Å². The first-order valence-electron chi connectivity index (χ1n) is 6.77. The number of rotatable bonds is 4. The molecule has 0 saturated carbocycles. The highest BCUT2D eigenvalue weighted by molar-refractivity contribution is 5.70. The average molecular weight is 271 g/mol. The summed E-state index contributed by atoms with van der Waals surface area (Å²) in [4.78, 5) is 8.86. The molecule has 1 heterocycles. The SMILES string of the molecule is CNc1cc(-c2cc(C(C)C)ccc2OC)nc(C)n1. The molecule has 2 aromatic rings. The molecule has 0 fully saturated rings. The number of hydrogen-bond acceptors (Lipinski definition) is 4. The van der Waals surface area contributed by atoms with E-state index in [-0.39, 0.29) is 0 Å². The fourth-order valence-corrected chi connectivity index (χ4v) is 2.12. The summed E-state index contributed by atoms with van der Waals surface area (Å²) in [5, 5.41) is 3.06. The fourth-order valence-electron chi connectivity index (χ4n) is 2.12. The van der Waals surface area contributed by atoms with Crippen molar-refractivity contribution in [3.63, 3.8) is 0 Å². The first-order chi connectivity index (χ1) is 9.55. The second-order valence-electron chi connectivity index (χ2n) is 5.05. The van der Waals surface area contributed by atoms with Crippen molar-refractivity contribution in [3.05, 3.63) is 35.7 Å². The predicted molar refractivity (Wildman–Crippen MR) is 82.4 cm³/mol. The Labute approximate surface area is 120 Å². The van der Waals surface area contributed by atoms with Crippen LogP contribution in [0, 0.1) is 6.92 Å². The molecule has 0 atom stereocenters. The van der Waals surface area contributed by atoms with E-state index in [1.165, 1.54) is 5.56 Å². The Balaban J connectivity index is 2.60. The van der Waals surface area contributed by atoms with Gasteiger partial charge in [-0.15, -0.1) is 0 Å². The molecule has 4 nitrogen and oxygen atoms in total. The molecule has 0 aliphatic carbocycles. The molecular weight excluding hydrogens is 250 g/mol. The highest BCUT2D eigenvalue weighted by Crippen LogP contribution is 2.32. The van der Waals surface area contributed by atoms with Crippen molar-refractivity contribution in [1.29, 1.82) is 0 Å². The van der Waals surface area contributed by atoms with Crippen LogP contribution >= 0.6 is 0 Å². The average Bonchev–Trinajstić information content (AvgIpc) is 2.45. The lowest BCUT2D eigenvalue weighted by molar-refractivity contribution is 0.416. The van der Waals surface area contributed by atoms with Gasteiger partial charge in [0, 0.05) is 18.7 Å². The second-order valence-corrected chi connectivity index (χ2v) is 5.05. The highest BCUT2D eigenvalue weighted by Gasteiger charge is 2.12. The summed E-state index contributed by atoms with van der Waals surface area (Å²) in [6.07, 6.45) is 0. The van der Waals surface area contributed by atoms with Crippen molar-refractivity contribution in [2.75, 3.05) is 19.5 Å². The Morgan fingerprint density at radius 3 is 2.50 bits per heavy atom. The van der Waals surface area contributed by atoms with Gasteiger partial charge in [-0.1, -0.05) is 19.9 Å². The molecule has 106 valence electrons. The van der Waals surface area contributed by atoms with Crippen molar-refractivity contribution in [2.45, 2.75) is 26.7 Å². The second kappa shape index (κ2) is 5.90. The summed E-state index contributed by atoms with van der Waals surface area (Å²) < 4.78 is 5.47. The number of ether oxygens (including phenoxy) is 1. The van der Waals surface area contributed by atoms with Gasteiger partial charge in [0.05, 0.1) is 12.8 Å². The first kappa shape index (κ1) is 14.3. The van der Waals surface area contributed by atoms with Crippen LogP contribution in [0.3, 0.4) is 0 Å². The zero-order valence-electron chi connectivity index (χ0n) is 12.7. The van der Waals surface area contributed by atoms with Gasteiger partial charge in [0.1, 0.15) is 17.4 Å². The Morgan fingerprint density at radius 1 is 1.15 bits per heavy atom. The van der Waals surface area contributed by atoms with E-state index < -0.39 is 0 Å². The number of methoxy groups -OCH3 is 1. The molecule has 4 heteroatoms. The normalized spacial score (nSPS) is 10.7. The monoisotopic (exact) mass is 271 g/mol. The fraction of sp³-hybridized carbons (Fsp3) is 0.375. The summed E-state index contributed by atoms with van der Waals surface area (Å²) in [7, 11) is 3.54. The van der Waals surface area contributed by atoms with Gasteiger partial charge in [-0.25, -0.2) is 9.97 Å². The number of nitrogens with one attached hydrogen (secondary N) is 1. The van der Waals surface area contributed by atoms with Crippen LogP contribution in [0.25, 0.3) is 11.3 Å². The molecule has 1 aromatic carbocycles. The van der Waals surface area contributed by atoms with E-state index in [9.17, 15) is 0 Å². The van der Waals surface area contributed by atoms with Crippen LogP contribution in [-0.2, 0) is 0 Å². The number of aromatic nitrogens is 2. The minimum atomic E-state index is 0.464. The Bertz CT molecular complexity index is 609. The third-order valence-electron chi connectivity index (χ3n) is 3.26. The van der Waals surface area contributed by atoms with Crippen LogP contribution in [0.15, 0.2) is 24.3 Å². The molecule has 0 bridgehead atoms. The first-order valence-corrected chi connectivity index (χ1v) is 6.77. The highest BCUT2D eigenvalue weighted by atomic mass is 16.5. The molecule has 1 aromatic heterocycles. The molecule has 0 unspecified atom stereocenters. The maximum atomic E-state index is 5.47. The molecule has 0 aliphatic heterocycles. The van der Waals surface area contributed by atoms with E-state index in [0.29, 0.717) is 5.92 Å². The Morgan fingerprint density at radius 2 is 1.90 bits per heavy atom. The van der Waals surface area contributed by atoms with E-state index >= 15 is 0 Å². The van der Waals surface area contributed by atoms with Crippen LogP contribution in [0.2, 0.25) is 0 Å². The summed E-state index contributed by atoms with van der Waals surface area (Å²) in [5.74, 6) is 2.84. The molecule has 0 amide bonds. The third kappa shape index (κ3) is 2.90. The molecule has 0 spiro atoms. The number of benzene rings is 1. The topological polar surface area (TPSA) is 47.0 Å². The summed E-state index contributed by atoms with van der Waals surface area (Å²) in [5.41, 5.74) is 3.14. The zero-order chi connectivity index (χ0) is 14.7. The van der Waals surface area contributed by atoms with Gasteiger partial charge < -0.3 is 10.1 Å². The minimum absolute atomic E-state index is 0.464. The van der Waals surface area contributed by atoms with E-state index in [1.54, 1.807) is 7.11 Å². The zero-order valence-corrected chi connectivity index (χ0v) is 12.7. The molecule has 0 radical (unpaired) electrons. The lowest BCUT2D eigenvalue weighted by Crippen LogP contribution is -2.00. The van der Waals surface area contributed by atoms with Crippen molar-refractivity contribution in [2.24, 2.45) is 0 Å². The summed E-state index contributed by atoms with van der Waals surface area (Å²) in [6.45, 7) is 6.24. The smallest absolute Gasteiger partial charge is 0.130 e. The van der Waals surface area contributed by atoms with Crippen LogP contribution in [-0.4, -0.2) is 24.1 Å². The van der Waals surface area contributed by atoms with Crippen molar-refractivity contribution >= 4 is 5.82 Å². The van der Waals surface area contributed by atoms with E-state index in [4.69, 9.17) is 4.74 Å². The summed E-state index contributed by atoms with van der Waals surface area (Å²) in [6, 6.07) is 8.18. The molecule has 0 aliphatic rings. The van der Waals surface area contributed by atoms with Crippen molar-refractivity contribution < 1.29 is 4.74 Å². The maximum Gasteiger partial charge on any atom is 0.130 e. The van der Waals surface area contributed by atoms with Gasteiger partial charge in [-0.05, 0) is 30.5 Å². The number of nitrogens with zero attached hydrogens (tertiary/aromatic N) is 2. The molecule has 1 N–H and O–H groups in total. The summed E-state index contributed by atoms with van der Waals surface area (Å²) >= 11 is 0. The lowest BCUT2D eigenvalue weighted by atomic mass is 9.98. The van der Waals surface area contributed by atoms with E-state index in [1.807, 2.05) is 26.1 Å². The third-order valence-corrected chi connectivity index (χ3v) is 3.26. The Hall–Kier alpha value is -2.10. The van der Waals surface area contributed by atoms with Gasteiger partial charge in [-0.3, -0.25) is 0 Å². The minimum Gasteiger partial charge on any atom is -0.496 e. The van der Waals surface area contributed by atoms with Crippen LogP contribution < -0.4 is 10.1 Å². The molecule has 0 saturated heterocycles. The lowest BCUT2D eigenvalue weighted by Gasteiger charge is -2.13. The molecule has 2 rings (SSSR count). The molecule has 20 heavy (non-hydrogen) atoms.